The van der Waals surface area contributed by atoms with E-state index in [0.29, 0.717) is 87.5 Å². The summed E-state index contributed by atoms with van der Waals surface area (Å²) < 4.78 is 58.8. The number of allylic oxidation sites excluding steroid dienone is 2. The van der Waals surface area contributed by atoms with Crippen molar-refractivity contribution in [2.24, 2.45) is 23.2 Å². The van der Waals surface area contributed by atoms with Gasteiger partial charge >= 0.3 is 12.3 Å². The maximum Gasteiger partial charge on any atom is 0.416 e. The minimum absolute atomic E-state index is 0.00480. The summed E-state index contributed by atoms with van der Waals surface area (Å²) in [5.41, 5.74) is -0.217. The average Bonchev–Trinajstić information content (AvgIpc) is 3.78. The third kappa shape index (κ3) is 10.6. The van der Waals surface area contributed by atoms with Crippen molar-refractivity contribution in [1.29, 1.82) is 0 Å². The summed E-state index contributed by atoms with van der Waals surface area (Å²) in [7, 11) is 1.62. The number of hydrogen-bond donors (Lipinski definition) is 2. The standard InChI is InChI=1S/C49H63ClF3NO7/c1-30(2)36-15-11-32(4)25-44(36)61-46(57)54(23-8-24-59-6)29-48(58)22-20-40-37-16-12-33(26-35(55)14-10-31(3)9-7-21-47(40,48)5)27-38(37)45(56)43-19-18-42(60-43)39-28-34(49(51,52)53)13-17-41(39)50/h9,12-13,16-19,27-28,30,32,35-36,40,44,55,58H,7-8,10-11,14-15,20-26,29H2,1-6H3/t32-,35-,36+,40-,44-,47-,48+/m0/s1. The van der Waals surface area contributed by atoms with Crippen LogP contribution in [0.4, 0.5) is 18.0 Å². The Balaban J connectivity index is 1.38. The van der Waals surface area contributed by atoms with E-state index >= 15 is 0 Å². The maximum absolute atomic E-state index is 14.7. The summed E-state index contributed by atoms with van der Waals surface area (Å²) in [6.45, 7) is 11.5. The van der Waals surface area contributed by atoms with Crippen LogP contribution in [0.25, 0.3) is 11.3 Å². The molecule has 334 valence electrons. The van der Waals surface area contributed by atoms with Crippen LogP contribution in [-0.2, 0) is 22.1 Å². The number of alkyl halides is 3. The molecule has 4 aliphatic rings. The molecule has 7 rings (SSSR count). The van der Waals surface area contributed by atoms with E-state index in [2.05, 4.69) is 40.7 Å². The van der Waals surface area contributed by atoms with Gasteiger partial charge in [0.1, 0.15) is 11.9 Å². The quantitative estimate of drug-likeness (QED) is 0.112. The lowest BCUT2D eigenvalue weighted by Gasteiger charge is -2.46. The van der Waals surface area contributed by atoms with Gasteiger partial charge in [0, 0.05) is 36.8 Å². The molecule has 2 fully saturated rings. The first-order chi connectivity index (χ1) is 28.8. The fourth-order valence-corrected chi connectivity index (χ4v) is 10.4. The zero-order valence-electron chi connectivity index (χ0n) is 36.5. The lowest BCUT2D eigenvalue weighted by Crippen LogP contribution is -2.54. The van der Waals surface area contributed by atoms with Gasteiger partial charge in [0.05, 0.1) is 28.8 Å². The molecule has 1 amide bonds. The van der Waals surface area contributed by atoms with Crippen LogP contribution in [-0.4, -0.2) is 71.6 Å². The Morgan fingerprint density at radius 1 is 1.05 bits per heavy atom. The number of aliphatic hydroxyl groups excluding tert-OH is 1. The van der Waals surface area contributed by atoms with Crippen LogP contribution in [0, 0.1) is 23.2 Å². The predicted octanol–water partition coefficient (Wildman–Crippen LogP) is 11.8. The number of amides is 1. The van der Waals surface area contributed by atoms with Gasteiger partial charge in [0.25, 0.3) is 0 Å². The molecule has 0 unspecified atom stereocenters. The number of furan rings is 1. The highest BCUT2D eigenvalue weighted by molar-refractivity contribution is 6.33. The summed E-state index contributed by atoms with van der Waals surface area (Å²) in [5, 5.41) is 24.2. The molecule has 2 aromatic carbocycles. The van der Waals surface area contributed by atoms with Crippen LogP contribution in [0.3, 0.4) is 0 Å². The minimum Gasteiger partial charge on any atom is -0.453 e. The summed E-state index contributed by atoms with van der Waals surface area (Å²) in [5.74, 6) is 0.144. The van der Waals surface area contributed by atoms with E-state index in [-0.39, 0.29) is 46.6 Å². The lowest BCUT2D eigenvalue weighted by molar-refractivity contribution is -0.137. The van der Waals surface area contributed by atoms with Crippen LogP contribution in [0.15, 0.2) is 64.6 Å². The first-order valence-corrected chi connectivity index (χ1v) is 22.4. The van der Waals surface area contributed by atoms with E-state index in [1.165, 1.54) is 12.1 Å². The molecule has 0 spiro atoms. The molecule has 0 saturated heterocycles. The molecule has 61 heavy (non-hydrogen) atoms. The summed E-state index contributed by atoms with van der Waals surface area (Å²) in [6, 6.07) is 11.4. The van der Waals surface area contributed by atoms with Gasteiger partial charge in [-0.15, -0.1) is 0 Å². The molecule has 2 saturated carbocycles. The number of rotatable bonds is 11. The van der Waals surface area contributed by atoms with Crippen LogP contribution >= 0.6 is 11.6 Å². The Labute approximate surface area is 363 Å². The Morgan fingerprint density at radius 3 is 2.54 bits per heavy atom. The third-order valence-corrected chi connectivity index (χ3v) is 14.3. The van der Waals surface area contributed by atoms with Crippen molar-refractivity contribution in [3.05, 3.63) is 93.2 Å². The van der Waals surface area contributed by atoms with Gasteiger partial charge in [-0.25, -0.2) is 4.79 Å². The SMILES string of the molecule is COCCCN(C[C@]1(O)CC[C@H]2c3ccc(cc3C(=O)c3ccc(-c4cc(C(F)(F)F)ccc4Cl)o3)C[C@@H](O)CCC(C)=CCC[C@@]21C)C(=O)O[C@H]1C[C@@H](C)CC[C@@H]1C(C)C. The molecule has 2 bridgehead atoms. The zero-order valence-corrected chi connectivity index (χ0v) is 37.2. The van der Waals surface area contributed by atoms with E-state index in [9.17, 15) is 33.0 Å². The van der Waals surface area contributed by atoms with Crippen molar-refractivity contribution >= 4 is 23.5 Å². The van der Waals surface area contributed by atoms with Gasteiger partial charge in [-0.3, -0.25) is 4.79 Å². The second kappa shape index (κ2) is 19.4. The molecule has 12 heteroatoms. The summed E-state index contributed by atoms with van der Waals surface area (Å²) in [4.78, 5) is 30.7. The smallest absolute Gasteiger partial charge is 0.416 e. The number of hydrogen-bond acceptors (Lipinski definition) is 7. The predicted molar refractivity (Wildman–Crippen MR) is 231 cm³/mol. The van der Waals surface area contributed by atoms with Crippen LogP contribution < -0.4 is 0 Å². The van der Waals surface area contributed by atoms with Crippen molar-refractivity contribution in [3.8, 4) is 11.3 Å². The van der Waals surface area contributed by atoms with Gasteiger partial charge in [0.15, 0.2) is 5.76 Å². The minimum atomic E-state index is -4.61. The van der Waals surface area contributed by atoms with Gasteiger partial charge < -0.3 is 29.0 Å². The van der Waals surface area contributed by atoms with Gasteiger partial charge in [-0.1, -0.05) is 69.5 Å². The molecule has 4 aliphatic carbocycles. The van der Waals surface area contributed by atoms with Crippen LogP contribution in [0.1, 0.15) is 138 Å². The number of aliphatic hydroxyl groups is 2. The first kappa shape index (κ1) is 46.9. The molecular formula is C49H63ClF3NO7. The Hall–Kier alpha value is -3.64. The van der Waals surface area contributed by atoms with Crippen molar-refractivity contribution in [3.63, 3.8) is 0 Å². The van der Waals surface area contributed by atoms with Crippen LogP contribution in [0.2, 0.25) is 5.02 Å². The Morgan fingerprint density at radius 2 is 1.82 bits per heavy atom. The molecular weight excluding hydrogens is 807 g/mol. The lowest BCUT2D eigenvalue weighted by atomic mass is 9.64. The number of methoxy groups -OCH3 is 1. The van der Waals surface area contributed by atoms with Crippen LogP contribution in [0.5, 0.6) is 0 Å². The van der Waals surface area contributed by atoms with Gasteiger partial charge in [-0.2, -0.15) is 13.2 Å². The van der Waals surface area contributed by atoms with E-state index in [1.807, 2.05) is 12.1 Å². The van der Waals surface area contributed by atoms with E-state index in [4.69, 9.17) is 25.5 Å². The second-order valence-electron chi connectivity index (χ2n) is 18.6. The highest BCUT2D eigenvalue weighted by Crippen LogP contribution is 2.59. The molecule has 1 heterocycles. The number of carbonyl (C=O) groups is 2. The third-order valence-electron chi connectivity index (χ3n) is 14.0. The molecule has 0 radical (unpaired) electrons. The largest absolute Gasteiger partial charge is 0.453 e. The van der Waals surface area contributed by atoms with Crippen molar-refractivity contribution in [2.75, 3.05) is 26.8 Å². The Kier molecular flexibility index (Phi) is 14.9. The van der Waals surface area contributed by atoms with Crippen molar-refractivity contribution < 1.29 is 46.9 Å². The molecule has 7 atom stereocenters. The number of nitrogens with zero attached hydrogens (tertiary/aromatic N) is 1. The van der Waals surface area contributed by atoms with Crippen molar-refractivity contribution in [2.45, 2.75) is 135 Å². The number of ketones is 1. The number of carbonyl (C=O) groups excluding carboxylic acids is 2. The second-order valence-corrected chi connectivity index (χ2v) is 19.1. The maximum atomic E-state index is 14.7. The number of ether oxygens (including phenoxy) is 2. The zero-order chi connectivity index (χ0) is 44.3. The fraction of sp³-hybridized carbons (Fsp3) is 0.592. The monoisotopic (exact) mass is 869 g/mol. The molecule has 3 aromatic rings. The van der Waals surface area contributed by atoms with E-state index in [0.717, 1.165) is 48.6 Å². The summed E-state index contributed by atoms with van der Waals surface area (Å²) in [6.07, 6.45) is 3.22. The number of benzene rings is 2. The molecule has 0 aliphatic heterocycles. The van der Waals surface area contributed by atoms with E-state index < -0.39 is 40.7 Å². The number of halogens is 4. The highest BCUT2D eigenvalue weighted by atomic mass is 35.5. The van der Waals surface area contributed by atoms with Crippen molar-refractivity contribution in [1.82, 2.24) is 4.90 Å². The number of fused-ring (bicyclic) bond motifs is 8. The molecule has 2 N–H and O–H groups in total. The molecule has 8 nitrogen and oxygen atoms in total. The Bertz CT molecular complexity index is 2050. The van der Waals surface area contributed by atoms with Gasteiger partial charge in [0.2, 0.25) is 5.78 Å². The highest BCUT2D eigenvalue weighted by Gasteiger charge is 2.58. The summed E-state index contributed by atoms with van der Waals surface area (Å²) >= 11 is 6.36. The van der Waals surface area contributed by atoms with E-state index in [1.54, 1.807) is 18.1 Å². The average molecular weight is 870 g/mol. The first-order valence-electron chi connectivity index (χ1n) is 22.0. The fourth-order valence-electron chi connectivity index (χ4n) is 10.2. The topological polar surface area (TPSA) is 109 Å². The normalized spacial score (nSPS) is 27.4. The van der Waals surface area contributed by atoms with Gasteiger partial charge in [-0.05, 0) is 142 Å². The molecule has 1 aromatic heterocycles.